The summed E-state index contributed by atoms with van der Waals surface area (Å²) in [7, 11) is 4.18. The van der Waals surface area contributed by atoms with E-state index in [0.29, 0.717) is 11.8 Å². The monoisotopic (exact) mass is 328 g/mol. The summed E-state index contributed by atoms with van der Waals surface area (Å²) in [5, 5.41) is 10.1. The van der Waals surface area contributed by atoms with Crippen LogP contribution < -0.4 is 0 Å². The molecule has 0 aliphatic carbocycles. The highest BCUT2D eigenvalue weighted by molar-refractivity contribution is 9.10. The van der Waals surface area contributed by atoms with Crippen molar-refractivity contribution in [2.45, 2.75) is 32.9 Å². The number of hydrogen-bond donors (Lipinski definition) is 1. The van der Waals surface area contributed by atoms with E-state index in [-0.39, 0.29) is 6.04 Å². The van der Waals surface area contributed by atoms with Crippen molar-refractivity contribution < 1.29 is 5.11 Å². The Hall–Kier alpha value is -0.580. The van der Waals surface area contributed by atoms with Crippen LogP contribution in [0.5, 0.6) is 5.75 Å². The number of hydrogen-bond acceptors (Lipinski definition) is 3. The zero-order valence-electron chi connectivity index (χ0n) is 12.5. The molecule has 1 N–H and O–H groups in total. The summed E-state index contributed by atoms with van der Waals surface area (Å²) < 4.78 is 1.00. The quantitative estimate of drug-likeness (QED) is 0.865. The number of aromatic hydroxyl groups is 1. The van der Waals surface area contributed by atoms with E-state index in [1.165, 1.54) is 0 Å². The van der Waals surface area contributed by atoms with Crippen molar-refractivity contribution in [3.8, 4) is 5.75 Å². The van der Waals surface area contributed by atoms with Gasteiger partial charge in [-0.2, -0.15) is 0 Å². The second-order valence-electron chi connectivity index (χ2n) is 5.32. The summed E-state index contributed by atoms with van der Waals surface area (Å²) in [6.45, 7) is 8.51. The number of rotatable bonds is 6. The van der Waals surface area contributed by atoms with Crippen LogP contribution in [0.25, 0.3) is 0 Å². The summed E-state index contributed by atoms with van der Waals surface area (Å²) in [6, 6.07) is 6.25. The molecule has 0 heterocycles. The molecule has 1 aromatic carbocycles. The molecule has 0 bridgehead atoms. The van der Waals surface area contributed by atoms with Gasteiger partial charge in [-0.1, -0.05) is 22.9 Å². The molecule has 0 saturated heterocycles. The van der Waals surface area contributed by atoms with Gasteiger partial charge < -0.3 is 10.0 Å². The predicted molar refractivity (Wildman–Crippen MR) is 84.6 cm³/mol. The van der Waals surface area contributed by atoms with Gasteiger partial charge in [-0.3, -0.25) is 4.90 Å². The standard InChI is InChI=1S/C15H25BrN2O/c1-6-18(11(2)10-17(4)5)12(3)14-9-13(16)7-8-15(14)19/h7-9,11-12,19H,6,10H2,1-5H3. The van der Waals surface area contributed by atoms with Gasteiger partial charge >= 0.3 is 0 Å². The minimum atomic E-state index is 0.192. The highest BCUT2D eigenvalue weighted by Gasteiger charge is 2.22. The van der Waals surface area contributed by atoms with E-state index in [4.69, 9.17) is 0 Å². The Bertz CT molecular complexity index is 409. The lowest BCUT2D eigenvalue weighted by Gasteiger charge is -2.35. The van der Waals surface area contributed by atoms with E-state index in [9.17, 15) is 5.11 Å². The average molecular weight is 329 g/mol. The topological polar surface area (TPSA) is 26.7 Å². The van der Waals surface area contributed by atoms with Crippen LogP contribution in [0.3, 0.4) is 0 Å². The Morgan fingerprint density at radius 3 is 2.42 bits per heavy atom. The van der Waals surface area contributed by atoms with Gasteiger partial charge in [0.15, 0.2) is 0 Å². The van der Waals surface area contributed by atoms with Gasteiger partial charge in [0.2, 0.25) is 0 Å². The molecule has 0 saturated carbocycles. The highest BCUT2D eigenvalue weighted by atomic mass is 79.9. The number of likely N-dealkylation sites (N-methyl/N-ethyl adjacent to an activating group) is 2. The van der Waals surface area contributed by atoms with E-state index in [1.54, 1.807) is 6.07 Å². The summed E-state index contributed by atoms with van der Waals surface area (Å²) in [5.41, 5.74) is 0.974. The SMILES string of the molecule is CCN(C(C)CN(C)C)C(C)c1cc(Br)ccc1O. The molecule has 1 rings (SSSR count). The third-order valence-corrected chi connectivity index (χ3v) is 3.99. The van der Waals surface area contributed by atoms with Crippen molar-refractivity contribution in [1.29, 1.82) is 0 Å². The van der Waals surface area contributed by atoms with Crippen molar-refractivity contribution in [2.75, 3.05) is 27.2 Å². The molecule has 2 atom stereocenters. The van der Waals surface area contributed by atoms with Gasteiger partial charge in [0.25, 0.3) is 0 Å². The van der Waals surface area contributed by atoms with Crippen molar-refractivity contribution in [3.05, 3.63) is 28.2 Å². The van der Waals surface area contributed by atoms with E-state index >= 15 is 0 Å². The first-order chi connectivity index (χ1) is 8.86. The maximum Gasteiger partial charge on any atom is 0.120 e. The fourth-order valence-electron chi connectivity index (χ4n) is 2.64. The molecule has 1 aromatic rings. The van der Waals surface area contributed by atoms with Crippen LogP contribution in [-0.2, 0) is 0 Å². The van der Waals surface area contributed by atoms with Gasteiger partial charge in [-0.15, -0.1) is 0 Å². The van der Waals surface area contributed by atoms with E-state index in [2.05, 4.69) is 60.6 Å². The highest BCUT2D eigenvalue weighted by Crippen LogP contribution is 2.31. The van der Waals surface area contributed by atoms with Gasteiger partial charge in [0, 0.05) is 28.7 Å². The minimum absolute atomic E-state index is 0.192. The van der Waals surface area contributed by atoms with Crippen molar-refractivity contribution >= 4 is 15.9 Å². The third-order valence-electron chi connectivity index (χ3n) is 3.50. The molecular weight excluding hydrogens is 304 g/mol. The van der Waals surface area contributed by atoms with Crippen LogP contribution >= 0.6 is 15.9 Å². The second-order valence-corrected chi connectivity index (χ2v) is 6.24. The van der Waals surface area contributed by atoms with Crippen molar-refractivity contribution in [2.24, 2.45) is 0 Å². The Morgan fingerprint density at radius 2 is 1.89 bits per heavy atom. The van der Waals surface area contributed by atoms with E-state index in [1.807, 2.05) is 12.1 Å². The fraction of sp³-hybridized carbons (Fsp3) is 0.600. The lowest BCUT2D eigenvalue weighted by atomic mass is 10.0. The first-order valence-electron chi connectivity index (χ1n) is 6.75. The van der Waals surface area contributed by atoms with Gasteiger partial charge in [-0.25, -0.2) is 0 Å². The molecule has 0 amide bonds. The first-order valence-corrected chi connectivity index (χ1v) is 7.55. The summed E-state index contributed by atoms with van der Waals surface area (Å²) in [5.74, 6) is 0.367. The summed E-state index contributed by atoms with van der Waals surface area (Å²) in [4.78, 5) is 4.60. The Morgan fingerprint density at radius 1 is 1.26 bits per heavy atom. The van der Waals surface area contributed by atoms with E-state index in [0.717, 1.165) is 23.1 Å². The average Bonchev–Trinajstić information content (AvgIpc) is 2.32. The lowest BCUT2D eigenvalue weighted by Crippen LogP contribution is -2.41. The second kappa shape index (κ2) is 7.27. The molecule has 4 heteroatoms. The fourth-order valence-corrected chi connectivity index (χ4v) is 3.02. The van der Waals surface area contributed by atoms with Gasteiger partial charge in [0.1, 0.15) is 5.75 Å². The molecule has 108 valence electrons. The van der Waals surface area contributed by atoms with Crippen LogP contribution in [0.4, 0.5) is 0 Å². The zero-order chi connectivity index (χ0) is 14.6. The minimum Gasteiger partial charge on any atom is -0.508 e. The molecule has 0 spiro atoms. The van der Waals surface area contributed by atoms with Crippen LogP contribution in [0, 0.1) is 0 Å². The van der Waals surface area contributed by atoms with Crippen LogP contribution in [0.2, 0.25) is 0 Å². The maximum absolute atomic E-state index is 10.1. The molecule has 0 aliphatic rings. The molecule has 3 nitrogen and oxygen atoms in total. The van der Waals surface area contributed by atoms with Gasteiger partial charge in [0.05, 0.1) is 0 Å². The Kier molecular flexibility index (Phi) is 6.30. The van der Waals surface area contributed by atoms with Gasteiger partial charge in [-0.05, 0) is 52.7 Å². The molecule has 0 aliphatic heterocycles. The van der Waals surface area contributed by atoms with E-state index < -0.39 is 0 Å². The first kappa shape index (κ1) is 16.5. The largest absolute Gasteiger partial charge is 0.508 e. The molecule has 0 fully saturated rings. The van der Waals surface area contributed by atoms with Crippen LogP contribution in [-0.4, -0.2) is 48.1 Å². The number of phenols is 1. The van der Waals surface area contributed by atoms with Crippen LogP contribution in [0.15, 0.2) is 22.7 Å². The molecule has 19 heavy (non-hydrogen) atoms. The summed E-state index contributed by atoms with van der Waals surface area (Å²) >= 11 is 3.48. The predicted octanol–water partition coefficient (Wildman–Crippen LogP) is 3.49. The molecule has 0 radical (unpaired) electrons. The molecular formula is C15H25BrN2O. The number of halogens is 1. The number of benzene rings is 1. The molecule has 2 unspecified atom stereocenters. The van der Waals surface area contributed by atoms with Crippen molar-refractivity contribution in [1.82, 2.24) is 9.80 Å². The lowest BCUT2D eigenvalue weighted by molar-refractivity contribution is 0.135. The Labute approximate surface area is 125 Å². The normalized spacial score (nSPS) is 14.9. The zero-order valence-corrected chi connectivity index (χ0v) is 14.1. The molecule has 0 aromatic heterocycles. The number of nitrogens with zero attached hydrogens (tertiary/aromatic N) is 2. The Balaban J connectivity index is 2.94. The smallest absolute Gasteiger partial charge is 0.120 e. The maximum atomic E-state index is 10.1. The number of phenolic OH excluding ortho intramolecular Hbond substituents is 1. The van der Waals surface area contributed by atoms with Crippen molar-refractivity contribution in [3.63, 3.8) is 0 Å². The third kappa shape index (κ3) is 4.48. The summed E-state index contributed by atoms with van der Waals surface area (Å²) in [6.07, 6.45) is 0. The van der Waals surface area contributed by atoms with Crippen LogP contribution in [0.1, 0.15) is 32.4 Å².